The van der Waals surface area contributed by atoms with E-state index in [9.17, 15) is 14.9 Å². The molecule has 3 aliphatic rings. The molecule has 0 unspecified atom stereocenters. The monoisotopic (exact) mass is 435 g/mol. The number of fused-ring (bicyclic) bond motifs is 3. The van der Waals surface area contributed by atoms with Crippen LogP contribution in [0.1, 0.15) is 24.0 Å². The number of carbonyl (C=O) groups excluding carboxylic acids is 1. The largest absolute Gasteiger partial charge is 0.377 e. The molecule has 7 heteroatoms. The molecule has 32 heavy (non-hydrogen) atoms. The Labute approximate surface area is 188 Å². The number of hydrogen-bond donors (Lipinski definition) is 0. The lowest BCUT2D eigenvalue weighted by Crippen LogP contribution is -2.57. The fourth-order valence-electron chi connectivity index (χ4n) is 5.55. The average molecular weight is 436 g/mol. The van der Waals surface area contributed by atoms with E-state index in [1.807, 2.05) is 17.0 Å². The molecule has 0 saturated carbocycles. The highest BCUT2D eigenvalue weighted by atomic mass is 16.6. The van der Waals surface area contributed by atoms with Crippen molar-refractivity contribution >= 4 is 17.3 Å². The van der Waals surface area contributed by atoms with Crippen molar-refractivity contribution in [3.63, 3.8) is 0 Å². The topological polar surface area (TPSA) is 75.9 Å². The van der Waals surface area contributed by atoms with Crippen molar-refractivity contribution in [1.82, 2.24) is 4.90 Å². The van der Waals surface area contributed by atoms with E-state index < -0.39 is 0 Å². The van der Waals surface area contributed by atoms with Crippen molar-refractivity contribution in [2.45, 2.75) is 31.7 Å². The summed E-state index contributed by atoms with van der Waals surface area (Å²) in [5.41, 5.74) is 3.35. The van der Waals surface area contributed by atoms with Gasteiger partial charge in [0, 0.05) is 37.5 Å². The highest BCUT2D eigenvalue weighted by Gasteiger charge is 2.42. The second-order valence-electron chi connectivity index (χ2n) is 9.17. The summed E-state index contributed by atoms with van der Waals surface area (Å²) in [5.74, 6) is 0.544. The Balaban J connectivity index is 1.30. The van der Waals surface area contributed by atoms with Crippen LogP contribution in [0.3, 0.4) is 0 Å². The number of nitro groups is 1. The van der Waals surface area contributed by atoms with Gasteiger partial charge in [-0.3, -0.25) is 14.9 Å². The van der Waals surface area contributed by atoms with Crippen LogP contribution in [-0.2, 0) is 22.4 Å². The molecule has 0 N–H and O–H groups in total. The molecular weight excluding hydrogens is 406 g/mol. The number of hydrogen-bond acceptors (Lipinski definition) is 5. The van der Waals surface area contributed by atoms with Gasteiger partial charge in [0.25, 0.3) is 5.69 Å². The van der Waals surface area contributed by atoms with Gasteiger partial charge in [-0.1, -0.05) is 30.3 Å². The first-order chi connectivity index (χ1) is 15.6. The number of anilines is 1. The van der Waals surface area contributed by atoms with Crippen LogP contribution in [0.25, 0.3) is 0 Å². The van der Waals surface area contributed by atoms with E-state index in [1.54, 1.807) is 12.1 Å². The number of morpholine rings is 1. The molecule has 3 heterocycles. The van der Waals surface area contributed by atoms with E-state index >= 15 is 0 Å². The van der Waals surface area contributed by atoms with Crippen LogP contribution in [-0.4, -0.2) is 54.6 Å². The highest BCUT2D eigenvalue weighted by molar-refractivity contribution is 5.82. The van der Waals surface area contributed by atoms with Gasteiger partial charge >= 0.3 is 0 Å². The van der Waals surface area contributed by atoms with Crippen LogP contribution in [0, 0.1) is 22.0 Å². The lowest BCUT2D eigenvalue weighted by Gasteiger charge is -2.47. The Morgan fingerprint density at radius 2 is 1.88 bits per heavy atom. The van der Waals surface area contributed by atoms with E-state index in [4.69, 9.17) is 4.74 Å². The first-order valence-corrected chi connectivity index (χ1v) is 11.5. The standard InChI is InChI=1S/C25H29N3O4/c29-25(26-10-8-19(9-11-26)14-18-4-2-1-3-5-18)22-16-20-15-21(28(30)31)6-7-23(20)27-12-13-32-17-24(22)27/h1-7,15,19,22,24H,8-14,16-17H2/t22-,24-/m1/s1. The lowest BCUT2D eigenvalue weighted by atomic mass is 9.83. The van der Waals surface area contributed by atoms with Crippen LogP contribution in [0.15, 0.2) is 48.5 Å². The fraction of sp³-hybridized carbons (Fsp3) is 0.480. The van der Waals surface area contributed by atoms with E-state index in [0.29, 0.717) is 32.1 Å². The number of benzene rings is 2. The minimum absolute atomic E-state index is 0.00718. The maximum Gasteiger partial charge on any atom is 0.269 e. The molecule has 0 aliphatic carbocycles. The predicted molar refractivity (Wildman–Crippen MR) is 122 cm³/mol. The molecule has 2 fully saturated rings. The predicted octanol–water partition coefficient (Wildman–Crippen LogP) is 3.45. The van der Waals surface area contributed by atoms with Gasteiger partial charge in [0.05, 0.1) is 30.1 Å². The molecule has 5 rings (SSSR count). The van der Waals surface area contributed by atoms with Crippen LogP contribution in [0.4, 0.5) is 11.4 Å². The summed E-state index contributed by atoms with van der Waals surface area (Å²) in [6.07, 6.45) is 3.62. The molecule has 168 valence electrons. The van der Waals surface area contributed by atoms with E-state index in [1.165, 1.54) is 5.56 Å². The van der Waals surface area contributed by atoms with Gasteiger partial charge in [0.2, 0.25) is 5.91 Å². The number of nitro benzene ring substituents is 1. The van der Waals surface area contributed by atoms with Gasteiger partial charge < -0.3 is 14.5 Å². The van der Waals surface area contributed by atoms with Crippen molar-refractivity contribution in [2.24, 2.45) is 11.8 Å². The third-order valence-corrected chi connectivity index (χ3v) is 7.26. The molecule has 2 atom stereocenters. The highest BCUT2D eigenvalue weighted by Crippen LogP contribution is 2.38. The Morgan fingerprint density at radius 1 is 1.09 bits per heavy atom. The van der Waals surface area contributed by atoms with Crippen molar-refractivity contribution in [1.29, 1.82) is 0 Å². The third-order valence-electron chi connectivity index (χ3n) is 7.26. The molecule has 1 amide bonds. The SMILES string of the molecule is O=C([C@@H]1Cc2cc([N+](=O)[O-])ccc2N2CCOC[C@H]12)N1CCC(Cc2ccccc2)CC1. The molecule has 3 aliphatic heterocycles. The first kappa shape index (κ1) is 20.9. The molecule has 2 aromatic carbocycles. The number of non-ortho nitro benzene ring substituents is 1. The molecule has 0 radical (unpaired) electrons. The number of carbonyl (C=O) groups is 1. The van der Waals surface area contributed by atoms with Gasteiger partial charge in [-0.05, 0) is 48.8 Å². The second-order valence-corrected chi connectivity index (χ2v) is 9.17. The van der Waals surface area contributed by atoms with Gasteiger partial charge in [-0.25, -0.2) is 0 Å². The van der Waals surface area contributed by atoms with Crippen LogP contribution in [0.5, 0.6) is 0 Å². The first-order valence-electron chi connectivity index (χ1n) is 11.5. The zero-order valence-corrected chi connectivity index (χ0v) is 18.2. The van der Waals surface area contributed by atoms with Crippen LogP contribution < -0.4 is 4.90 Å². The number of nitrogens with zero attached hydrogens (tertiary/aromatic N) is 3. The van der Waals surface area contributed by atoms with Gasteiger partial charge in [-0.15, -0.1) is 0 Å². The molecule has 0 bridgehead atoms. The average Bonchev–Trinajstić information content (AvgIpc) is 2.84. The van der Waals surface area contributed by atoms with Crippen LogP contribution in [0.2, 0.25) is 0 Å². The smallest absolute Gasteiger partial charge is 0.269 e. The Kier molecular flexibility index (Phi) is 5.83. The molecule has 2 saturated heterocycles. The van der Waals surface area contributed by atoms with E-state index in [-0.39, 0.29) is 28.5 Å². The summed E-state index contributed by atoms with van der Waals surface area (Å²) in [7, 11) is 0. The zero-order chi connectivity index (χ0) is 22.1. The number of ether oxygens (including phenoxy) is 1. The Hall–Kier alpha value is -2.93. The minimum atomic E-state index is -0.361. The normalized spacial score (nSPS) is 23.4. The summed E-state index contributed by atoms with van der Waals surface area (Å²) in [4.78, 5) is 28.8. The van der Waals surface area contributed by atoms with Gasteiger partial charge in [0.15, 0.2) is 0 Å². The zero-order valence-electron chi connectivity index (χ0n) is 18.2. The number of likely N-dealkylation sites (tertiary alicyclic amines) is 1. The summed E-state index contributed by atoms with van der Waals surface area (Å²) >= 11 is 0. The molecular formula is C25H29N3O4. The summed E-state index contributed by atoms with van der Waals surface area (Å²) in [5, 5.41) is 11.3. The van der Waals surface area contributed by atoms with Crippen molar-refractivity contribution < 1.29 is 14.5 Å². The maximum absolute atomic E-state index is 13.6. The minimum Gasteiger partial charge on any atom is -0.377 e. The molecule has 2 aromatic rings. The maximum atomic E-state index is 13.6. The lowest BCUT2D eigenvalue weighted by molar-refractivity contribution is -0.384. The third kappa shape index (κ3) is 4.09. The van der Waals surface area contributed by atoms with E-state index in [0.717, 1.165) is 43.6 Å². The van der Waals surface area contributed by atoms with Gasteiger partial charge in [0.1, 0.15) is 0 Å². The number of amides is 1. The molecule has 0 aromatic heterocycles. The second kappa shape index (κ2) is 8.90. The van der Waals surface area contributed by atoms with E-state index in [2.05, 4.69) is 29.2 Å². The quantitative estimate of drug-likeness (QED) is 0.543. The molecule has 0 spiro atoms. The Morgan fingerprint density at radius 3 is 2.62 bits per heavy atom. The van der Waals surface area contributed by atoms with Crippen molar-refractivity contribution in [3.8, 4) is 0 Å². The number of rotatable bonds is 4. The van der Waals surface area contributed by atoms with Gasteiger partial charge in [-0.2, -0.15) is 0 Å². The summed E-state index contributed by atoms with van der Waals surface area (Å²) in [6, 6.07) is 15.6. The van der Waals surface area contributed by atoms with Crippen LogP contribution >= 0.6 is 0 Å². The molecule has 7 nitrogen and oxygen atoms in total. The summed E-state index contributed by atoms with van der Waals surface area (Å²) in [6.45, 7) is 3.40. The van der Waals surface area contributed by atoms with Crippen molar-refractivity contribution in [3.05, 3.63) is 69.8 Å². The fourth-order valence-corrected chi connectivity index (χ4v) is 5.55. The Bertz CT molecular complexity index is 988. The summed E-state index contributed by atoms with van der Waals surface area (Å²) < 4.78 is 5.75. The van der Waals surface area contributed by atoms with Crippen molar-refractivity contribution in [2.75, 3.05) is 37.7 Å². The number of piperidine rings is 1.